The van der Waals surface area contributed by atoms with Crippen LogP contribution in [0.4, 0.5) is 0 Å². The molecule has 1 aromatic rings. The van der Waals surface area contributed by atoms with Gasteiger partial charge in [-0.3, -0.25) is 9.59 Å². The van der Waals surface area contributed by atoms with E-state index in [0.29, 0.717) is 12.8 Å². The SMILES string of the molecule is CS(=O)(=O)N1[C@@H](c2ccccc2)CC2=CC[C@@H]3C(=O)OC(=O)[C@@H]3[C@@H]21. The van der Waals surface area contributed by atoms with E-state index in [2.05, 4.69) is 0 Å². The van der Waals surface area contributed by atoms with Crippen LogP contribution in [-0.4, -0.2) is 37.0 Å². The number of esters is 2. The Kier molecular flexibility index (Phi) is 3.40. The number of hydrogen-bond donors (Lipinski definition) is 0. The maximum Gasteiger partial charge on any atom is 0.319 e. The summed E-state index contributed by atoms with van der Waals surface area (Å²) in [4.78, 5) is 24.1. The maximum atomic E-state index is 12.5. The molecule has 2 fully saturated rings. The van der Waals surface area contributed by atoms with Crippen LogP contribution in [0.5, 0.6) is 0 Å². The first-order valence-electron chi connectivity index (χ1n) is 7.86. The number of nitrogens with zero attached hydrogens (tertiary/aromatic N) is 1. The number of sulfonamides is 1. The molecule has 0 spiro atoms. The Hall–Kier alpha value is -1.99. The van der Waals surface area contributed by atoms with Crippen molar-refractivity contribution in [3.63, 3.8) is 0 Å². The molecule has 0 saturated carbocycles. The summed E-state index contributed by atoms with van der Waals surface area (Å²) in [5.74, 6) is -2.47. The number of carbonyl (C=O) groups is 2. The van der Waals surface area contributed by atoms with Gasteiger partial charge in [-0.05, 0) is 18.4 Å². The number of ether oxygens (including phenoxy) is 1. The van der Waals surface area contributed by atoms with E-state index >= 15 is 0 Å². The van der Waals surface area contributed by atoms with Crippen LogP contribution in [0.3, 0.4) is 0 Å². The summed E-state index contributed by atoms with van der Waals surface area (Å²) in [5, 5.41) is 0. The lowest BCUT2D eigenvalue weighted by Gasteiger charge is -2.33. The van der Waals surface area contributed by atoms with Gasteiger partial charge >= 0.3 is 11.9 Å². The average Bonchev–Trinajstić information content (AvgIpc) is 3.06. The normalized spacial score (nSPS) is 33.0. The van der Waals surface area contributed by atoms with Gasteiger partial charge in [-0.15, -0.1) is 0 Å². The van der Waals surface area contributed by atoms with Gasteiger partial charge in [0, 0.05) is 0 Å². The molecule has 6 nitrogen and oxygen atoms in total. The van der Waals surface area contributed by atoms with E-state index in [9.17, 15) is 18.0 Å². The summed E-state index contributed by atoms with van der Waals surface area (Å²) in [6, 6.07) is 8.39. The third kappa shape index (κ3) is 2.22. The average molecular weight is 347 g/mol. The third-order valence-corrected chi connectivity index (χ3v) is 6.39. The van der Waals surface area contributed by atoms with Crippen LogP contribution < -0.4 is 0 Å². The predicted octanol–water partition coefficient (Wildman–Crippen LogP) is 1.41. The minimum atomic E-state index is -3.58. The van der Waals surface area contributed by atoms with E-state index in [1.165, 1.54) is 4.31 Å². The number of cyclic esters (lactones) is 2. The molecule has 7 heteroatoms. The second-order valence-corrected chi connectivity index (χ2v) is 8.44. The number of allylic oxidation sites excluding steroid dienone is 1. The molecule has 4 rings (SSSR count). The largest absolute Gasteiger partial charge is 0.393 e. The van der Waals surface area contributed by atoms with Crippen molar-refractivity contribution in [1.29, 1.82) is 0 Å². The van der Waals surface area contributed by atoms with Crippen molar-refractivity contribution < 1.29 is 22.7 Å². The van der Waals surface area contributed by atoms with Crippen molar-refractivity contribution in [2.24, 2.45) is 11.8 Å². The smallest absolute Gasteiger partial charge is 0.319 e. The fourth-order valence-electron chi connectivity index (χ4n) is 4.19. The van der Waals surface area contributed by atoms with Gasteiger partial charge in [0.2, 0.25) is 10.0 Å². The van der Waals surface area contributed by atoms with Gasteiger partial charge < -0.3 is 4.74 Å². The van der Waals surface area contributed by atoms with Crippen LogP contribution in [0.25, 0.3) is 0 Å². The van der Waals surface area contributed by atoms with E-state index < -0.39 is 39.8 Å². The number of fused-ring (bicyclic) bond motifs is 3. The highest BCUT2D eigenvalue weighted by Gasteiger charge is 2.58. The van der Waals surface area contributed by atoms with Gasteiger partial charge in [0.05, 0.1) is 30.2 Å². The molecule has 3 aliphatic rings. The minimum Gasteiger partial charge on any atom is -0.393 e. The number of benzene rings is 1. The molecule has 24 heavy (non-hydrogen) atoms. The molecule has 2 aliphatic heterocycles. The highest BCUT2D eigenvalue weighted by Crippen LogP contribution is 2.50. The standard InChI is InChI=1S/C17H17NO5S/c1-24(21,22)18-13(10-5-3-2-4-6-10)9-11-7-8-12-14(15(11)18)17(20)23-16(12)19/h2-7,12-15H,8-9H2,1H3/t12-,13+,14-,15+/m0/s1. The quantitative estimate of drug-likeness (QED) is 0.459. The second-order valence-electron chi connectivity index (χ2n) is 6.56. The van der Waals surface area contributed by atoms with E-state index in [-0.39, 0.29) is 6.04 Å². The summed E-state index contributed by atoms with van der Waals surface area (Å²) in [5.41, 5.74) is 1.79. The molecule has 0 bridgehead atoms. The lowest BCUT2D eigenvalue weighted by molar-refractivity contribution is -0.153. The lowest BCUT2D eigenvalue weighted by Crippen LogP contribution is -2.46. The molecule has 0 aromatic heterocycles. The van der Waals surface area contributed by atoms with Gasteiger partial charge in [0.15, 0.2) is 0 Å². The van der Waals surface area contributed by atoms with Crippen LogP contribution in [0.15, 0.2) is 42.0 Å². The van der Waals surface area contributed by atoms with Crippen molar-refractivity contribution in [2.75, 3.05) is 6.26 Å². The van der Waals surface area contributed by atoms with E-state index in [4.69, 9.17) is 4.74 Å². The Balaban J connectivity index is 1.83. The molecule has 0 radical (unpaired) electrons. The van der Waals surface area contributed by atoms with Crippen molar-refractivity contribution >= 4 is 22.0 Å². The summed E-state index contributed by atoms with van der Waals surface area (Å²) >= 11 is 0. The summed E-state index contributed by atoms with van der Waals surface area (Å²) < 4.78 is 31.2. The first-order chi connectivity index (χ1) is 11.4. The Morgan fingerprint density at radius 2 is 1.83 bits per heavy atom. The van der Waals surface area contributed by atoms with Crippen molar-refractivity contribution in [2.45, 2.75) is 24.9 Å². The molecule has 0 N–H and O–H groups in total. The number of hydrogen-bond acceptors (Lipinski definition) is 5. The molecule has 2 heterocycles. The lowest BCUT2D eigenvalue weighted by atomic mass is 9.78. The van der Waals surface area contributed by atoms with Crippen molar-refractivity contribution in [1.82, 2.24) is 4.31 Å². The summed E-state index contributed by atoms with van der Waals surface area (Å²) in [6.45, 7) is 0. The molecular weight excluding hydrogens is 330 g/mol. The molecular formula is C17H17NO5S. The predicted molar refractivity (Wildman–Crippen MR) is 85.0 cm³/mol. The van der Waals surface area contributed by atoms with E-state index in [1.54, 1.807) is 0 Å². The van der Waals surface area contributed by atoms with Gasteiger partial charge in [-0.1, -0.05) is 42.0 Å². The first kappa shape index (κ1) is 15.5. The molecule has 0 amide bonds. The van der Waals surface area contributed by atoms with Gasteiger partial charge in [-0.2, -0.15) is 4.31 Å². The topological polar surface area (TPSA) is 80.8 Å². The van der Waals surface area contributed by atoms with Gasteiger partial charge in [-0.25, -0.2) is 8.42 Å². The highest BCUT2D eigenvalue weighted by molar-refractivity contribution is 7.88. The van der Waals surface area contributed by atoms with Crippen LogP contribution >= 0.6 is 0 Å². The molecule has 4 atom stereocenters. The molecule has 126 valence electrons. The molecule has 2 saturated heterocycles. The van der Waals surface area contributed by atoms with Gasteiger partial charge in [0.25, 0.3) is 0 Å². The second kappa shape index (κ2) is 5.26. The summed E-state index contributed by atoms with van der Waals surface area (Å²) in [7, 11) is -3.58. The van der Waals surface area contributed by atoms with E-state index in [0.717, 1.165) is 17.4 Å². The van der Waals surface area contributed by atoms with Crippen LogP contribution in [0.1, 0.15) is 24.4 Å². The Labute approximate surface area is 140 Å². The van der Waals surface area contributed by atoms with Crippen molar-refractivity contribution in [3.8, 4) is 0 Å². The van der Waals surface area contributed by atoms with Gasteiger partial charge in [0.1, 0.15) is 0 Å². The third-order valence-electron chi connectivity index (χ3n) is 5.14. The molecule has 0 unspecified atom stereocenters. The Morgan fingerprint density at radius 1 is 1.12 bits per heavy atom. The molecule has 1 aromatic carbocycles. The maximum absolute atomic E-state index is 12.5. The van der Waals surface area contributed by atoms with Crippen LogP contribution in [0, 0.1) is 11.8 Å². The van der Waals surface area contributed by atoms with Crippen LogP contribution in [0.2, 0.25) is 0 Å². The number of carbonyl (C=O) groups excluding carboxylic acids is 2. The first-order valence-corrected chi connectivity index (χ1v) is 9.70. The van der Waals surface area contributed by atoms with E-state index in [1.807, 2.05) is 36.4 Å². The van der Waals surface area contributed by atoms with Crippen LogP contribution in [-0.2, 0) is 24.3 Å². The monoisotopic (exact) mass is 347 g/mol. The minimum absolute atomic E-state index is 0.361. The zero-order chi connectivity index (χ0) is 17.1. The summed E-state index contributed by atoms with van der Waals surface area (Å²) in [6.07, 6.45) is 4.02. The molecule has 1 aliphatic carbocycles. The fourth-order valence-corrected chi connectivity index (χ4v) is 5.52. The number of rotatable bonds is 2. The fraction of sp³-hybridized carbons (Fsp3) is 0.412. The Bertz CT molecular complexity index is 845. The Morgan fingerprint density at radius 3 is 2.50 bits per heavy atom. The zero-order valence-electron chi connectivity index (χ0n) is 13.1. The van der Waals surface area contributed by atoms with Crippen molar-refractivity contribution in [3.05, 3.63) is 47.5 Å². The zero-order valence-corrected chi connectivity index (χ0v) is 13.9. The highest BCUT2D eigenvalue weighted by atomic mass is 32.2.